The van der Waals surface area contributed by atoms with Gasteiger partial charge in [0.25, 0.3) is 5.91 Å². The first-order valence-corrected chi connectivity index (χ1v) is 9.21. The largest absolute Gasteiger partial charge is 0.298 e. The first kappa shape index (κ1) is 17.3. The maximum absolute atomic E-state index is 12.5. The molecule has 0 aliphatic carbocycles. The van der Waals surface area contributed by atoms with Gasteiger partial charge in [-0.3, -0.25) is 10.1 Å². The Kier molecular flexibility index (Phi) is 4.91. The average molecular weight is 397 g/mol. The number of benzene rings is 2. The summed E-state index contributed by atoms with van der Waals surface area (Å²) in [6, 6.07) is 14.7. The number of carbonyl (C=O) groups excluding carboxylic acids is 1. The second kappa shape index (κ2) is 7.65. The molecule has 0 radical (unpaired) electrons. The average Bonchev–Trinajstić information content (AvgIpc) is 3.36. The number of carbonyl (C=O) groups is 1. The van der Waals surface area contributed by atoms with Gasteiger partial charge >= 0.3 is 0 Å². The molecule has 0 aliphatic heterocycles. The molecule has 0 bridgehead atoms. The fourth-order valence-electron chi connectivity index (χ4n) is 2.52. The Morgan fingerprint density at radius 2 is 2.07 bits per heavy atom. The molecule has 134 valence electrons. The minimum atomic E-state index is -0.247. The SMILES string of the molecule is O=C(Nc1ncc(Cc2ccccc2Cl)s1)c1cccc(-n2cnnn2)c1. The molecule has 0 saturated carbocycles. The summed E-state index contributed by atoms with van der Waals surface area (Å²) in [5.74, 6) is -0.247. The zero-order valence-electron chi connectivity index (χ0n) is 13.9. The molecular weight excluding hydrogens is 384 g/mol. The third kappa shape index (κ3) is 4.02. The van der Waals surface area contributed by atoms with E-state index in [1.165, 1.54) is 22.3 Å². The van der Waals surface area contributed by atoms with E-state index in [4.69, 9.17) is 11.6 Å². The van der Waals surface area contributed by atoms with E-state index < -0.39 is 0 Å². The lowest BCUT2D eigenvalue weighted by atomic mass is 10.1. The van der Waals surface area contributed by atoms with Crippen LogP contribution in [0, 0.1) is 0 Å². The van der Waals surface area contributed by atoms with Crippen LogP contribution in [-0.2, 0) is 6.42 Å². The maximum atomic E-state index is 12.5. The Hall–Kier alpha value is -3.10. The highest BCUT2D eigenvalue weighted by atomic mass is 35.5. The lowest BCUT2D eigenvalue weighted by molar-refractivity contribution is 0.102. The summed E-state index contributed by atoms with van der Waals surface area (Å²) < 4.78 is 1.49. The highest BCUT2D eigenvalue weighted by molar-refractivity contribution is 7.15. The number of anilines is 1. The van der Waals surface area contributed by atoms with Crippen molar-refractivity contribution in [3.05, 3.63) is 82.1 Å². The van der Waals surface area contributed by atoms with Crippen LogP contribution in [0.3, 0.4) is 0 Å². The lowest BCUT2D eigenvalue weighted by Crippen LogP contribution is -2.12. The van der Waals surface area contributed by atoms with Gasteiger partial charge in [0.15, 0.2) is 5.13 Å². The maximum Gasteiger partial charge on any atom is 0.257 e. The zero-order valence-corrected chi connectivity index (χ0v) is 15.5. The van der Waals surface area contributed by atoms with Crippen LogP contribution in [0.1, 0.15) is 20.8 Å². The summed E-state index contributed by atoms with van der Waals surface area (Å²) in [7, 11) is 0. The van der Waals surface area contributed by atoms with Crippen molar-refractivity contribution >= 4 is 34.0 Å². The summed E-state index contributed by atoms with van der Waals surface area (Å²) >= 11 is 7.62. The van der Waals surface area contributed by atoms with Gasteiger partial charge in [0.05, 0.1) is 5.69 Å². The second-order valence-corrected chi connectivity index (χ2v) is 7.18. The molecule has 4 rings (SSSR count). The summed E-state index contributed by atoms with van der Waals surface area (Å²) in [6.45, 7) is 0. The van der Waals surface area contributed by atoms with E-state index in [9.17, 15) is 4.79 Å². The molecule has 0 fully saturated rings. The number of aromatic nitrogens is 5. The van der Waals surface area contributed by atoms with E-state index in [0.717, 1.165) is 15.5 Å². The molecule has 0 atom stereocenters. The Bertz CT molecular complexity index is 1080. The van der Waals surface area contributed by atoms with Gasteiger partial charge in [-0.25, -0.2) is 9.67 Å². The molecule has 4 aromatic rings. The van der Waals surface area contributed by atoms with Gasteiger partial charge in [0.1, 0.15) is 6.33 Å². The number of nitrogens with one attached hydrogen (secondary N) is 1. The van der Waals surface area contributed by atoms with E-state index in [2.05, 4.69) is 25.8 Å². The van der Waals surface area contributed by atoms with Crippen LogP contribution in [0.25, 0.3) is 5.69 Å². The van der Waals surface area contributed by atoms with Gasteiger partial charge in [-0.1, -0.05) is 35.9 Å². The Balaban J connectivity index is 1.47. The predicted molar refractivity (Wildman–Crippen MR) is 103 cm³/mol. The summed E-state index contributed by atoms with van der Waals surface area (Å²) in [5.41, 5.74) is 2.21. The normalized spacial score (nSPS) is 10.7. The van der Waals surface area contributed by atoms with E-state index in [0.29, 0.717) is 22.8 Å². The summed E-state index contributed by atoms with van der Waals surface area (Å²) in [6.07, 6.45) is 3.89. The number of amides is 1. The van der Waals surface area contributed by atoms with Gasteiger partial charge in [-0.15, -0.1) is 16.4 Å². The van der Waals surface area contributed by atoms with Gasteiger partial charge in [-0.2, -0.15) is 0 Å². The van der Waals surface area contributed by atoms with Crippen LogP contribution in [0.5, 0.6) is 0 Å². The highest BCUT2D eigenvalue weighted by Crippen LogP contribution is 2.25. The second-order valence-electron chi connectivity index (χ2n) is 5.66. The number of thiazole rings is 1. The monoisotopic (exact) mass is 396 g/mol. The molecule has 0 spiro atoms. The van der Waals surface area contributed by atoms with E-state index in [1.807, 2.05) is 30.3 Å². The molecule has 1 amide bonds. The van der Waals surface area contributed by atoms with E-state index in [1.54, 1.807) is 24.4 Å². The van der Waals surface area contributed by atoms with Crippen molar-refractivity contribution < 1.29 is 4.79 Å². The number of hydrogen-bond donors (Lipinski definition) is 1. The molecule has 27 heavy (non-hydrogen) atoms. The quantitative estimate of drug-likeness (QED) is 0.557. The van der Waals surface area contributed by atoms with Crippen LogP contribution in [0.4, 0.5) is 5.13 Å². The number of hydrogen-bond acceptors (Lipinski definition) is 6. The van der Waals surface area contributed by atoms with Crippen LogP contribution >= 0.6 is 22.9 Å². The summed E-state index contributed by atoms with van der Waals surface area (Å²) in [4.78, 5) is 17.8. The van der Waals surface area contributed by atoms with E-state index >= 15 is 0 Å². The molecule has 2 heterocycles. The molecule has 9 heteroatoms. The van der Waals surface area contributed by atoms with Gasteiger partial charge in [0.2, 0.25) is 0 Å². The number of rotatable bonds is 5. The van der Waals surface area contributed by atoms with Crippen molar-refractivity contribution in [1.29, 1.82) is 0 Å². The van der Waals surface area contributed by atoms with Crippen molar-refractivity contribution in [3.63, 3.8) is 0 Å². The smallest absolute Gasteiger partial charge is 0.257 e. The van der Waals surface area contributed by atoms with Crippen molar-refractivity contribution in [2.45, 2.75) is 6.42 Å². The molecule has 7 nitrogen and oxygen atoms in total. The highest BCUT2D eigenvalue weighted by Gasteiger charge is 2.11. The van der Waals surface area contributed by atoms with Gasteiger partial charge < -0.3 is 0 Å². The van der Waals surface area contributed by atoms with Crippen LogP contribution in [0.15, 0.2) is 61.1 Å². The minimum Gasteiger partial charge on any atom is -0.298 e. The molecule has 0 saturated heterocycles. The summed E-state index contributed by atoms with van der Waals surface area (Å²) in [5, 5.41) is 15.1. The lowest BCUT2D eigenvalue weighted by Gasteiger charge is -2.04. The molecule has 1 N–H and O–H groups in total. The number of nitrogens with zero attached hydrogens (tertiary/aromatic N) is 5. The zero-order chi connectivity index (χ0) is 18.6. The fourth-order valence-corrected chi connectivity index (χ4v) is 3.55. The molecule has 0 aliphatic rings. The first-order chi connectivity index (χ1) is 13.2. The Morgan fingerprint density at radius 3 is 2.89 bits per heavy atom. The standard InChI is InChI=1S/C18H13ClN6OS/c19-16-7-2-1-4-12(16)9-15-10-20-18(27-15)22-17(26)13-5-3-6-14(8-13)25-11-21-23-24-25/h1-8,10-11H,9H2,(H,20,22,26). The third-order valence-corrected chi connectivity index (χ3v) is 5.10. The third-order valence-electron chi connectivity index (χ3n) is 3.82. The van der Waals surface area contributed by atoms with Crippen molar-refractivity contribution in [2.75, 3.05) is 5.32 Å². The van der Waals surface area contributed by atoms with E-state index in [-0.39, 0.29) is 5.91 Å². The fraction of sp³-hybridized carbons (Fsp3) is 0.0556. The van der Waals surface area contributed by atoms with Crippen molar-refractivity contribution in [1.82, 2.24) is 25.2 Å². The van der Waals surface area contributed by atoms with Gasteiger partial charge in [0, 0.05) is 28.1 Å². The number of tetrazole rings is 1. The van der Waals surface area contributed by atoms with Crippen LogP contribution < -0.4 is 5.32 Å². The molecule has 2 aromatic heterocycles. The van der Waals surface area contributed by atoms with Gasteiger partial charge in [-0.05, 0) is 40.3 Å². The van der Waals surface area contributed by atoms with Crippen LogP contribution in [0.2, 0.25) is 5.02 Å². The molecular formula is C18H13ClN6OS. The topological polar surface area (TPSA) is 85.6 Å². The Labute approximate surface area is 163 Å². The number of halogens is 1. The predicted octanol–water partition coefficient (Wildman–Crippen LogP) is 3.62. The Morgan fingerprint density at radius 1 is 1.19 bits per heavy atom. The first-order valence-electron chi connectivity index (χ1n) is 8.02. The van der Waals surface area contributed by atoms with Crippen molar-refractivity contribution in [3.8, 4) is 5.69 Å². The molecule has 2 aromatic carbocycles. The minimum absolute atomic E-state index is 0.247. The van der Waals surface area contributed by atoms with Crippen molar-refractivity contribution in [2.24, 2.45) is 0 Å². The molecule has 0 unspecified atom stereocenters. The van der Waals surface area contributed by atoms with Crippen LogP contribution in [-0.4, -0.2) is 31.1 Å².